The molecular weight excluding hydrogens is 427 g/mol. The van der Waals surface area contributed by atoms with Crippen LogP contribution in [0.25, 0.3) is 17.4 Å². The lowest BCUT2D eigenvalue weighted by molar-refractivity contribution is -0.115. The van der Waals surface area contributed by atoms with Crippen molar-refractivity contribution in [3.8, 4) is 11.3 Å². The topological polar surface area (TPSA) is 54.3 Å². The van der Waals surface area contributed by atoms with Crippen LogP contribution in [0.4, 0.5) is 5.69 Å². The number of carbonyl (C=O) groups is 1. The van der Waals surface area contributed by atoms with E-state index in [0.29, 0.717) is 21.6 Å². The SMILES string of the molecule is Cc1cc(C)cc(NC(=S)NC(=O)/C=C/c2ccc(-c3cc(Cl)cc(Cl)c3)o2)c1. The first-order chi connectivity index (χ1) is 13.8. The zero-order chi connectivity index (χ0) is 21.0. The molecule has 0 saturated carbocycles. The Hall–Kier alpha value is -2.60. The van der Waals surface area contributed by atoms with Gasteiger partial charge in [-0.25, -0.2) is 0 Å². The smallest absolute Gasteiger partial charge is 0.250 e. The number of carbonyl (C=O) groups excluding carboxylic acids is 1. The van der Waals surface area contributed by atoms with Gasteiger partial charge in [-0.2, -0.15) is 0 Å². The number of anilines is 1. The van der Waals surface area contributed by atoms with Crippen LogP contribution in [0.15, 0.2) is 59.0 Å². The molecule has 0 atom stereocenters. The van der Waals surface area contributed by atoms with E-state index in [0.717, 1.165) is 22.4 Å². The van der Waals surface area contributed by atoms with Gasteiger partial charge in [0.25, 0.3) is 0 Å². The number of hydrogen-bond acceptors (Lipinski definition) is 3. The minimum atomic E-state index is -0.365. The number of nitrogens with one attached hydrogen (secondary N) is 2. The highest BCUT2D eigenvalue weighted by atomic mass is 35.5. The Balaban J connectivity index is 1.60. The fourth-order valence-corrected chi connectivity index (χ4v) is 3.56. The molecule has 29 heavy (non-hydrogen) atoms. The normalized spacial score (nSPS) is 10.9. The fraction of sp³-hybridized carbons (Fsp3) is 0.0909. The van der Waals surface area contributed by atoms with Gasteiger partial charge in [-0.15, -0.1) is 0 Å². The lowest BCUT2D eigenvalue weighted by Crippen LogP contribution is -2.32. The first kappa shape index (κ1) is 21.1. The van der Waals surface area contributed by atoms with E-state index in [4.69, 9.17) is 39.8 Å². The molecule has 1 aromatic heterocycles. The van der Waals surface area contributed by atoms with Crippen LogP contribution in [0.3, 0.4) is 0 Å². The summed E-state index contributed by atoms with van der Waals surface area (Å²) in [7, 11) is 0. The van der Waals surface area contributed by atoms with Crippen molar-refractivity contribution in [2.24, 2.45) is 0 Å². The van der Waals surface area contributed by atoms with Gasteiger partial charge in [0.05, 0.1) is 0 Å². The van der Waals surface area contributed by atoms with Gasteiger partial charge >= 0.3 is 0 Å². The molecule has 1 heterocycles. The summed E-state index contributed by atoms with van der Waals surface area (Å²) in [6.45, 7) is 4.00. The van der Waals surface area contributed by atoms with Crippen LogP contribution in [-0.2, 0) is 4.79 Å². The molecule has 0 fully saturated rings. The van der Waals surface area contributed by atoms with E-state index in [-0.39, 0.29) is 11.0 Å². The second-order valence-electron chi connectivity index (χ2n) is 6.51. The van der Waals surface area contributed by atoms with Crippen molar-refractivity contribution in [2.75, 3.05) is 5.32 Å². The van der Waals surface area contributed by atoms with Gasteiger partial charge in [0.2, 0.25) is 5.91 Å². The number of halogens is 2. The van der Waals surface area contributed by atoms with Gasteiger partial charge in [-0.05, 0) is 85.7 Å². The monoisotopic (exact) mass is 444 g/mol. The third kappa shape index (κ3) is 6.19. The zero-order valence-electron chi connectivity index (χ0n) is 15.8. The summed E-state index contributed by atoms with van der Waals surface area (Å²) in [4.78, 5) is 12.1. The predicted octanol–water partition coefficient (Wildman–Crippen LogP) is 6.40. The van der Waals surface area contributed by atoms with E-state index in [1.165, 1.54) is 6.08 Å². The van der Waals surface area contributed by atoms with Crippen LogP contribution >= 0.6 is 35.4 Å². The van der Waals surface area contributed by atoms with E-state index in [1.807, 2.05) is 26.0 Å². The molecule has 3 aromatic rings. The number of rotatable bonds is 4. The number of amides is 1. The Morgan fingerprint density at radius 1 is 1.00 bits per heavy atom. The quantitative estimate of drug-likeness (QED) is 0.361. The highest BCUT2D eigenvalue weighted by molar-refractivity contribution is 7.80. The molecule has 2 aromatic carbocycles. The van der Waals surface area contributed by atoms with Crippen molar-refractivity contribution in [3.63, 3.8) is 0 Å². The maximum atomic E-state index is 12.1. The first-order valence-electron chi connectivity index (χ1n) is 8.73. The Kier molecular flexibility index (Phi) is 6.75. The second-order valence-corrected chi connectivity index (χ2v) is 7.79. The molecule has 4 nitrogen and oxygen atoms in total. The fourth-order valence-electron chi connectivity index (χ4n) is 2.81. The van der Waals surface area contributed by atoms with E-state index < -0.39 is 0 Å². The molecule has 1 amide bonds. The van der Waals surface area contributed by atoms with Crippen molar-refractivity contribution in [2.45, 2.75) is 13.8 Å². The number of furan rings is 1. The van der Waals surface area contributed by atoms with E-state index in [2.05, 4.69) is 16.7 Å². The number of aryl methyl sites for hydroxylation is 2. The van der Waals surface area contributed by atoms with Crippen molar-refractivity contribution in [1.82, 2.24) is 5.32 Å². The number of hydrogen-bond donors (Lipinski definition) is 2. The molecule has 0 spiro atoms. The number of benzene rings is 2. The van der Waals surface area contributed by atoms with Gasteiger partial charge in [-0.1, -0.05) is 29.3 Å². The third-order valence-electron chi connectivity index (χ3n) is 3.89. The van der Waals surface area contributed by atoms with Gasteiger partial charge < -0.3 is 9.73 Å². The zero-order valence-corrected chi connectivity index (χ0v) is 18.1. The predicted molar refractivity (Wildman–Crippen MR) is 123 cm³/mol. The van der Waals surface area contributed by atoms with Crippen molar-refractivity contribution >= 4 is 58.2 Å². The van der Waals surface area contributed by atoms with E-state index in [9.17, 15) is 4.79 Å². The van der Waals surface area contributed by atoms with Crippen LogP contribution in [0.2, 0.25) is 10.0 Å². The molecule has 0 aliphatic carbocycles. The summed E-state index contributed by atoms with van der Waals surface area (Å²) in [6.07, 6.45) is 2.91. The standard InChI is InChI=1S/C22H18Cl2N2O2S/c1-13-7-14(2)9-18(8-13)25-22(29)26-21(27)6-4-19-3-5-20(28-19)15-10-16(23)12-17(24)11-15/h3-12H,1-2H3,(H2,25,26,27,29)/b6-4+. The Bertz CT molecular complexity index is 1070. The van der Waals surface area contributed by atoms with Crippen molar-refractivity contribution < 1.29 is 9.21 Å². The molecule has 0 unspecified atom stereocenters. The van der Waals surface area contributed by atoms with Gasteiger partial charge in [-0.3, -0.25) is 10.1 Å². The summed E-state index contributed by atoms with van der Waals surface area (Å²) in [5.41, 5.74) is 3.80. The third-order valence-corrected chi connectivity index (χ3v) is 4.53. The molecule has 148 valence electrons. The molecule has 0 saturated heterocycles. The number of thiocarbonyl (C=S) groups is 1. The van der Waals surface area contributed by atoms with Crippen LogP contribution in [0.5, 0.6) is 0 Å². The largest absolute Gasteiger partial charge is 0.457 e. The maximum absolute atomic E-state index is 12.1. The Morgan fingerprint density at radius 3 is 2.31 bits per heavy atom. The second kappa shape index (κ2) is 9.27. The molecule has 2 N–H and O–H groups in total. The Labute approximate surface area is 184 Å². The average Bonchev–Trinajstić information content (AvgIpc) is 3.07. The van der Waals surface area contributed by atoms with Gasteiger partial charge in [0, 0.05) is 27.4 Å². The Morgan fingerprint density at radius 2 is 1.66 bits per heavy atom. The van der Waals surface area contributed by atoms with Crippen LogP contribution < -0.4 is 10.6 Å². The molecule has 0 aliphatic rings. The maximum Gasteiger partial charge on any atom is 0.250 e. The van der Waals surface area contributed by atoms with Crippen LogP contribution in [-0.4, -0.2) is 11.0 Å². The molecule has 0 aliphatic heterocycles. The molecular formula is C22H18Cl2N2O2S. The first-order valence-corrected chi connectivity index (χ1v) is 9.89. The summed E-state index contributed by atoms with van der Waals surface area (Å²) in [6, 6.07) is 14.7. The van der Waals surface area contributed by atoms with Crippen molar-refractivity contribution in [1.29, 1.82) is 0 Å². The molecule has 0 radical (unpaired) electrons. The minimum Gasteiger partial charge on any atom is -0.457 e. The summed E-state index contributed by atoms with van der Waals surface area (Å²) < 4.78 is 5.72. The highest BCUT2D eigenvalue weighted by Crippen LogP contribution is 2.28. The summed E-state index contributed by atoms with van der Waals surface area (Å²) >= 11 is 17.2. The molecule has 3 rings (SSSR count). The average molecular weight is 445 g/mol. The van der Waals surface area contributed by atoms with Gasteiger partial charge in [0.15, 0.2) is 5.11 Å². The van der Waals surface area contributed by atoms with E-state index in [1.54, 1.807) is 36.4 Å². The van der Waals surface area contributed by atoms with Crippen molar-refractivity contribution in [3.05, 3.63) is 81.5 Å². The van der Waals surface area contributed by atoms with Crippen LogP contribution in [0, 0.1) is 13.8 Å². The van der Waals surface area contributed by atoms with Crippen LogP contribution in [0.1, 0.15) is 16.9 Å². The lowest BCUT2D eigenvalue weighted by Gasteiger charge is -2.09. The molecule has 0 bridgehead atoms. The van der Waals surface area contributed by atoms with Gasteiger partial charge in [0.1, 0.15) is 11.5 Å². The van der Waals surface area contributed by atoms with E-state index >= 15 is 0 Å². The molecule has 7 heteroatoms. The minimum absolute atomic E-state index is 0.221. The highest BCUT2D eigenvalue weighted by Gasteiger charge is 2.07. The summed E-state index contributed by atoms with van der Waals surface area (Å²) in [5.74, 6) is 0.747. The summed E-state index contributed by atoms with van der Waals surface area (Å²) in [5, 5.41) is 6.87. The lowest BCUT2D eigenvalue weighted by atomic mass is 10.1.